The number of anilines is 1. The molecule has 7 nitrogen and oxygen atoms in total. The molecule has 0 aliphatic carbocycles. The molecule has 1 aromatic rings. The fourth-order valence-corrected chi connectivity index (χ4v) is 3.50. The Morgan fingerprint density at radius 1 is 1.36 bits per heavy atom. The van der Waals surface area contributed by atoms with Crippen LogP contribution in [0.25, 0.3) is 0 Å². The van der Waals surface area contributed by atoms with E-state index in [1.807, 2.05) is 21.8 Å². The minimum atomic E-state index is -0.0233. The lowest BCUT2D eigenvalue weighted by Gasteiger charge is -2.32. The van der Waals surface area contributed by atoms with Crippen molar-refractivity contribution in [2.75, 3.05) is 44.7 Å². The number of nitrogens with one attached hydrogen (secondary N) is 1. The highest BCUT2D eigenvalue weighted by Gasteiger charge is 2.30. The van der Waals surface area contributed by atoms with Crippen LogP contribution in [-0.4, -0.2) is 71.0 Å². The zero-order valence-corrected chi connectivity index (χ0v) is 15.5. The number of hydrogen-bond donors (Lipinski definition) is 1. The molecule has 25 heavy (non-hydrogen) atoms. The molecule has 0 spiro atoms. The Morgan fingerprint density at radius 2 is 2.16 bits per heavy atom. The number of carbonyl (C=O) groups is 1. The van der Waals surface area contributed by atoms with E-state index in [1.54, 1.807) is 0 Å². The SMILES string of the molecule is CC(C)CCn1ccc(NC(=O)N2CCC[C@@H]2CN2CCOCC2)n1. The number of hydrogen-bond acceptors (Lipinski definition) is 4. The van der Waals surface area contributed by atoms with Gasteiger partial charge >= 0.3 is 6.03 Å². The highest BCUT2D eigenvalue weighted by atomic mass is 16.5. The van der Waals surface area contributed by atoms with E-state index >= 15 is 0 Å². The highest BCUT2D eigenvalue weighted by Crippen LogP contribution is 2.20. The van der Waals surface area contributed by atoms with Gasteiger partial charge in [-0.15, -0.1) is 0 Å². The summed E-state index contributed by atoms with van der Waals surface area (Å²) < 4.78 is 7.32. The van der Waals surface area contributed by atoms with Gasteiger partial charge < -0.3 is 9.64 Å². The number of nitrogens with zero attached hydrogens (tertiary/aromatic N) is 4. The first-order chi connectivity index (χ1) is 12.1. The standard InChI is InChI=1S/C18H31N5O2/c1-15(2)5-8-22-9-6-17(20-22)19-18(24)23-7-3-4-16(23)14-21-10-12-25-13-11-21/h6,9,15-16H,3-5,7-8,10-14H2,1-2H3,(H,19,20,24)/t16-/m1/s1. The summed E-state index contributed by atoms with van der Waals surface area (Å²) in [6, 6.07) is 2.15. The van der Waals surface area contributed by atoms with Crippen molar-refractivity contribution in [2.45, 2.75) is 45.7 Å². The zero-order chi connectivity index (χ0) is 17.6. The van der Waals surface area contributed by atoms with Gasteiger partial charge in [0.15, 0.2) is 5.82 Å². The van der Waals surface area contributed by atoms with Gasteiger partial charge in [-0.3, -0.25) is 14.9 Å². The van der Waals surface area contributed by atoms with Crippen LogP contribution in [-0.2, 0) is 11.3 Å². The third-order valence-electron chi connectivity index (χ3n) is 5.02. The minimum Gasteiger partial charge on any atom is -0.379 e. The fraction of sp³-hybridized carbons (Fsp3) is 0.778. The van der Waals surface area contributed by atoms with Crippen LogP contribution >= 0.6 is 0 Å². The second kappa shape index (κ2) is 8.67. The molecule has 1 aromatic heterocycles. The van der Waals surface area contributed by atoms with Crippen LogP contribution in [0.5, 0.6) is 0 Å². The first-order valence-electron chi connectivity index (χ1n) is 9.53. The number of likely N-dealkylation sites (tertiary alicyclic amines) is 1. The van der Waals surface area contributed by atoms with Crippen LogP contribution < -0.4 is 5.32 Å². The summed E-state index contributed by atoms with van der Waals surface area (Å²) in [4.78, 5) is 17.0. The Morgan fingerprint density at radius 3 is 2.92 bits per heavy atom. The van der Waals surface area contributed by atoms with Gasteiger partial charge in [0.05, 0.1) is 13.2 Å². The number of aryl methyl sites for hydroxylation is 1. The van der Waals surface area contributed by atoms with Crippen LogP contribution in [0.2, 0.25) is 0 Å². The molecule has 0 bridgehead atoms. The van der Waals surface area contributed by atoms with Crippen LogP contribution in [0.4, 0.5) is 10.6 Å². The summed E-state index contributed by atoms with van der Waals surface area (Å²) >= 11 is 0. The molecule has 2 amide bonds. The minimum absolute atomic E-state index is 0.0233. The van der Waals surface area contributed by atoms with Gasteiger partial charge in [0.25, 0.3) is 0 Å². The molecule has 2 aliphatic rings. The average molecular weight is 349 g/mol. The molecule has 2 fully saturated rings. The van der Waals surface area contributed by atoms with Gasteiger partial charge in [-0.25, -0.2) is 4.79 Å². The summed E-state index contributed by atoms with van der Waals surface area (Å²) in [6.07, 6.45) is 5.18. The predicted molar refractivity (Wildman–Crippen MR) is 97.7 cm³/mol. The number of urea groups is 1. The zero-order valence-electron chi connectivity index (χ0n) is 15.5. The van der Waals surface area contributed by atoms with E-state index < -0.39 is 0 Å². The van der Waals surface area contributed by atoms with Crippen molar-refractivity contribution >= 4 is 11.8 Å². The van der Waals surface area contributed by atoms with E-state index in [0.717, 1.165) is 65.2 Å². The lowest BCUT2D eigenvalue weighted by atomic mass is 10.1. The smallest absolute Gasteiger partial charge is 0.323 e. The maximum Gasteiger partial charge on any atom is 0.323 e. The molecule has 2 aliphatic heterocycles. The van der Waals surface area contributed by atoms with Crippen LogP contribution in [0.1, 0.15) is 33.1 Å². The first kappa shape index (κ1) is 18.2. The molecule has 2 saturated heterocycles. The van der Waals surface area contributed by atoms with Crippen molar-refractivity contribution in [1.82, 2.24) is 19.6 Å². The summed E-state index contributed by atoms with van der Waals surface area (Å²) in [6.45, 7) is 10.6. The quantitative estimate of drug-likeness (QED) is 0.856. The van der Waals surface area contributed by atoms with E-state index in [0.29, 0.717) is 17.8 Å². The molecule has 0 radical (unpaired) electrons. The molecule has 0 aromatic carbocycles. The molecule has 3 heterocycles. The Bertz CT molecular complexity index is 553. The molecule has 140 valence electrons. The van der Waals surface area contributed by atoms with E-state index in [9.17, 15) is 4.79 Å². The number of morpholine rings is 1. The molecule has 0 unspecified atom stereocenters. The number of rotatable bonds is 6. The van der Waals surface area contributed by atoms with Crippen LogP contribution in [0.15, 0.2) is 12.3 Å². The third kappa shape index (κ3) is 5.19. The van der Waals surface area contributed by atoms with Crippen LogP contribution in [0, 0.1) is 5.92 Å². The first-order valence-corrected chi connectivity index (χ1v) is 9.53. The van der Waals surface area contributed by atoms with E-state index in [4.69, 9.17) is 4.74 Å². The molecule has 1 atom stereocenters. The van der Waals surface area contributed by atoms with Crippen LogP contribution in [0.3, 0.4) is 0 Å². The molecule has 0 saturated carbocycles. The largest absolute Gasteiger partial charge is 0.379 e. The average Bonchev–Trinajstić information content (AvgIpc) is 3.23. The monoisotopic (exact) mass is 349 g/mol. The van der Waals surface area contributed by atoms with Gasteiger partial charge in [0.1, 0.15) is 0 Å². The molecule has 7 heteroatoms. The van der Waals surface area contributed by atoms with Gasteiger partial charge in [-0.2, -0.15) is 5.10 Å². The Balaban J connectivity index is 1.51. The summed E-state index contributed by atoms with van der Waals surface area (Å²) in [5.41, 5.74) is 0. The number of carbonyl (C=O) groups excluding carboxylic acids is 1. The normalized spacial score (nSPS) is 21.9. The van der Waals surface area contributed by atoms with Gasteiger partial charge in [0, 0.05) is 51.0 Å². The maximum absolute atomic E-state index is 12.7. The van der Waals surface area contributed by atoms with E-state index in [1.165, 1.54) is 0 Å². The van der Waals surface area contributed by atoms with Gasteiger partial charge in [-0.05, 0) is 25.2 Å². The van der Waals surface area contributed by atoms with Crippen molar-refractivity contribution in [2.24, 2.45) is 5.92 Å². The topological polar surface area (TPSA) is 62.6 Å². The maximum atomic E-state index is 12.7. The number of ether oxygens (including phenoxy) is 1. The summed E-state index contributed by atoms with van der Waals surface area (Å²) in [5.74, 6) is 1.29. The second-order valence-electron chi connectivity index (χ2n) is 7.48. The van der Waals surface area contributed by atoms with Crippen molar-refractivity contribution in [3.8, 4) is 0 Å². The number of amides is 2. The molecule has 3 rings (SSSR count). The summed E-state index contributed by atoms with van der Waals surface area (Å²) in [5, 5.41) is 7.44. The molecule has 1 N–H and O–H groups in total. The predicted octanol–water partition coefficient (Wildman–Crippen LogP) is 2.26. The Hall–Kier alpha value is -1.60. The lowest BCUT2D eigenvalue weighted by molar-refractivity contribution is 0.0296. The Labute approximate surface area is 150 Å². The highest BCUT2D eigenvalue weighted by molar-refractivity contribution is 5.88. The van der Waals surface area contributed by atoms with E-state index in [2.05, 4.69) is 29.2 Å². The van der Waals surface area contributed by atoms with Crippen molar-refractivity contribution in [3.05, 3.63) is 12.3 Å². The second-order valence-corrected chi connectivity index (χ2v) is 7.48. The van der Waals surface area contributed by atoms with E-state index in [-0.39, 0.29) is 6.03 Å². The van der Waals surface area contributed by atoms with Gasteiger partial charge in [-0.1, -0.05) is 13.8 Å². The van der Waals surface area contributed by atoms with Gasteiger partial charge in [0.2, 0.25) is 0 Å². The fourth-order valence-electron chi connectivity index (χ4n) is 3.50. The summed E-state index contributed by atoms with van der Waals surface area (Å²) in [7, 11) is 0. The van der Waals surface area contributed by atoms with Crippen molar-refractivity contribution in [3.63, 3.8) is 0 Å². The molecular weight excluding hydrogens is 318 g/mol. The number of aromatic nitrogens is 2. The third-order valence-corrected chi connectivity index (χ3v) is 5.02. The van der Waals surface area contributed by atoms with Crippen molar-refractivity contribution < 1.29 is 9.53 Å². The van der Waals surface area contributed by atoms with Crippen molar-refractivity contribution in [1.29, 1.82) is 0 Å². The lowest BCUT2D eigenvalue weighted by Crippen LogP contribution is -2.47. The molecular formula is C18H31N5O2. The Kier molecular flexibility index (Phi) is 6.31.